The van der Waals surface area contributed by atoms with Gasteiger partial charge in [-0.25, -0.2) is 4.79 Å². The van der Waals surface area contributed by atoms with Crippen LogP contribution in [0, 0.1) is 0 Å². The van der Waals surface area contributed by atoms with Crippen molar-refractivity contribution in [3.8, 4) is 11.1 Å². The van der Waals surface area contributed by atoms with E-state index in [-0.39, 0.29) is 23.5 Å². The number of carbonyl (C=O) groups is 6. The summed E-state index contributed by atoms with van der Waals surface area (Å²) in [6, 6.07) is 19.7. The summed E-state index contributed by atoms with van der Waals surface area (Å²) < 4.78 is 4.75. The van der Waals surface area contributed by atoms with Gasteiger partial charge >= 0.3 is 17.9 Å². The number of esters is 1. The van der Waals surface area contributed by atoms with Crippen LogP contribution < -0.4 is 10.6 Å². The predicted octanol–water partition coefficient (Wildman–Crippen LogP) is 3.14. The Morgan fingerprint density at radius 3 is 2.15 bits per heavy atom. The van der Waals surface area contributed by atoms with Crippen molar-refractivity contribution in [3.05, 3.63) is 95.1 Å². The standard InChI is InChI=1S/C35H37N3O9/c1-21(39)36-29(19-23-13-16-26(27(18-23)35(46)47-2)30(33(42)43)34(44)45)31(40)37-28-10-6-7-17-38(32(28)41)20-22-11-14-25(15-12-22)24-8-4-3-5-9-24/h3-5,8-9,11-16,18,28-30H,6-7,10,17,19-20H2,1-2H3,(H,36,39)(H,37,40)(H,42,43)(H,44,45)/t28-,29-/m0/s1. The molecule has 246 valence electrons. The number of amides is 3. The number of hydrogen-bond donors (Lipinski definition) is 4. The van der Waals surface area contributed by atoms with E-state index in [1.54, 1.807) is 4.90 Å². The molecule has 1 heterocycles. The second-order valence-electron chi connectivity index (χ2n) is 11.4. The van der Waals surface area contributed by atoms with Crippen molar-refractivity contribution < 1.29 is 43.7 Å². The van der Waals surface area contributed by atoms with Crippen molar-refractivity contribution in [2.45, 2.75) is 57.2 Å². The molecular formula is C35H37N3O9. The Kier molecular flexibility index (Phi) is 11.4. The van der Waals surface area contributed by atoms with E-state index in [2.05, 4.69) is 10.6 Å². The third-order valence-corrected chi connectivity index (χ3v) is 7.99. The first-order chi connectivity index (χ1) is 22.5. The number of aliphatic carboxylic acids is 2. The second kappa shape index (κ2) is 15.7. The average molecular weight is 644 g/mol. The van der Waals surface area contributed by atoms with E-state index < -0.39 is 47.7 Å². The summed E-state index contributed by atoms with van der Waals surface area (Å²) in [4.78, 5) is 76.7. The number of carboxylic acids is 2. The summed E-state index contributed by atoms with van der Waals surface area (Å²) in [5, 5.41) is 24.3. The van der Waals surface area contributed by atoms with Crippen molar-refractivity contribution in [1.29, 1.82) is 0 Å². The highest BCUT2D eigenvalue weighted by molar-refractivity contribution is 6.03. The Hall–Kier alpha value is -5.52. The monoisotopic (exact) mass is 643 g/mol. The van der Waals surface area contributed by atoms with Gasteiger partial charge in [-0.3, -0.25) is 24.0 Å². The molecule has 12 heteroatoms. The molecule has 3 amide bonds. The summed E-state index contributed by atoms with van der Waals surface area (Å²) in [6.45, 7) is 2.12. The number of nitrogens with zero attached hydrogens (tertiary/aromatic N) is 1. The van der Waals surface area contributed by atoms with Crippen LogP contribution in [-0.2, 0) is 41.7 Å². The van der Waals surface area contributed by atoms with Gasteiger partial charge in [0.25, 0.3) is 0 Å². The van der Waals surface area contributed by atoms with Gasteiger partial charge in [-0.05, 0) is 53.1 Å². The third kappa shape index (κ3) is 8.81. The highest BCUT2D eigenvalue weighted by Gasteiger charge is 2.34. The van der Waals surface area contributed by atoms with Crippen molar-refractivity contribution in [2.24, 2.45) is 0 Å². The van der Waals surface area contributed by atoms with E-state index in [0.717, 1.165) is 30.2 Å². The van der Waals surface area contributed by atoms with Crippen LogP contribution in [0.5, 0.6) is 0 Å². The van der Waals surface area contributed by atoms with Gasteiger partial charge in [0, 0.05) is 26.4 Å². The zero-order chi connectivity index (χ0) is 34.1. The van der Waals surface area contributed by atoms with E-state index in [1.807, 2.05) is 54.6 Å². The normalized spacial score (nSPS) is 15.3. The van der Waals surface area contributed by atoms with E-state index in [4.69, 9.17) is 4.74 Å². The molecule has 0 aromatic heterocycles. The largest absolute Gasteiger partial charge is 0.480 e. The average Bonchev–Trinajstić information content (AvgIpc) is 3.21. The molecule has 2 atom stereocenters. The van der Waals surface area contributed by atoms with Gasteiger partial charge < -0.3 is 30.5 Å². The minimum Gasteiger partial charge on any atom is -0.480 e. The lowest BCUT2D eigenvalue weighted by Gasteiger charge is -2.27. The van der Waals surface area contributed by atoms with Gasteiger partial charge in [0.15, 0.2) is 5.92 Å². The number of carbonyl (C=O) groups excluding carboxylic acids is 4. The van der Waals surface area contributed by atoms with Crippen LogP contribution in [0.4, 0.5) is 0 Å². The molecular weight excluding hydrogens is 606 g/mol. The highest BCUT2D eigenvalue weighted by Crippen LogP contribution is 2.25. The number of hydrogen-bond acceptors (Lipinski definition) is 7. The third-order valence-electron chi connectivity index (χ3n) is 7.99. The van der Waals surface area contributed by atoms with Crippen LogP contribution >= 0.6 is 0 Å². The molecule has 1 fully saturated rings. The number of ether oxygens (including phenoxy) is 1. The van der Waals surface area contributed by atoms with E-state index in [9.17, 15) is 39.0 Å². The molecule has 4 N–H and O–H groups in total. The van der Waals surface area contributed by atoms with Crippen LogP contribution in [0.3, 0.4) is 0 Å². The van der Waals surface area contributed by atoms with Crippen molar-refractivity contribution in [3.63, 3.8) is 0 Å². The number of likely N-dealkylation sites (tertiary alicyclic amines) is 1. The van der Waals surface area contributed by atoms with E-state index >= 15 is 0 Å². The quantitative estimate of drug-likeness (QED) is 0.170. The van der Waals surface area contributed by atoms with E-state index in [0.29, 0.717) is 31.5 Å². The lowest BCUT2D eigenvalue weighted by atomic mass is 9.91. The van der Waals surface area contributed by atoms with Gasteiger partial charge in [0.05, 0.1) is 12.7 Å². The molecule has 47 heavy (non-hydrogen) atoms. The van der Waals surface area contributed by atoms with Gasteiger partial charge in [0.1, 0.15) is 12.1 Å². The molecule has 0 saturated carbocycles. The molecule has 12 nitrogen and oxygen atoms in total. The molecule has 0 aliphatic carbocycles. The summed E-state index contributed by atoms with van der Waals surface area (Å²) in [6.07, 6.45) is 1.72. The molecule has 0 unspecified atom stereocenters. The fourth-order valence-electron chi connectivity index (χ4n) is 5.65. The zero-order valence-corrected chi connectivity index (χ0v) is 26.1. The van der Waals surface area contributed by atoms with Crippen molar-refractivity contribution >= 4 is 35.6 Å². The summed E-state index contributed by atoms with van der Waals surface area (Å²) in [5.74, 6) is -7.71. The first kappa shape index (κ1) is 34.4. The minimum atomic E-state index is -2.03. The SMILES string of the molecule is COC(=O)c1cc(C[C@H](NC(C)=O)C(=O)N[C@H]2CCCCN(Cc3ccc(-c4ccccc4)cc3)C2=O)ccc1C(C(=O)O)C(=O)O. The van der Waals surface area contributed by atoms with Gasteiger partial charge in [0.2, 0.25) is 17.7 Å². The number of nitrogens with one attached hydrogen (secondary N) is 2. The van der Waals surface area contributed by atoms with Gasteiger partial charge in [-0.15, -0.1) is 0 Å². The first-order valence-corrected chi connectivity index (χ1v) is 15.2. The smallest absolute Gasteiger partial charge is 0.338 e. The molecule has 0 spiro atoms. The first-order valence-electron chi connectivity index (χ1n) is 15.2. The molecule has 0 bridgehead atoms. The maximum atomic E-state index is 13.6. The summed E-state index contributed by atoms with van der Waals surface area (Å²) >= 11 is 0. The topological polar surface area (TPSA) is 179 Å². The zero-order valence-electron chi connectivity index (χ0n) is 26.1. The maximum absolute atomic E-state index is 13.6. The summed E-state index contributed by atoms with van der Waals surface area (Å²) in [5.41, 5.74) is 2.82. The molecule has 1 saturated heterocycles. The van der Waals surface area contributed by atoms with Crippen molar-refractivity contribution in [2.75, 3.05) is 13.7 Å². The minimum absolute atomic E-state index is 0.140. The molecule has 4 rings (SSSR count). The number of methoxy groups -OCH3 is 1. The highest BCUT2D eigenvalue weighted by atomic mass is 16.5. The fraction of sp³-hybridized carbons (Fsp3) is 0.314. The Morgan fingerprint density at radius 1 is 0.894 bits per heavy atom. The number of benzene rings is 3. The van der Waals surface area contributed by atoms with E-state index in [1.165, 1.54) is 25.1 Å². The Morgan fingerprint density at radius 2 is 1.53 bits per heavy atom. The Bertz CT molecular complexity index is 1630. The van der Waals surface area contributed by atoms with Gasteiger partial charge in [-0.2, -0.15) is 0 Å². The lowest BCUT2D eigenvalue weighted by Crippen LogP contribution is -2.54. The Balaban J connectivity index is 1.50. The molecule has 1 aliphatic rings. The molecule has 1 aliphatic heterocycles. The number of carboxylic acid groups (broad SMARTS) is 2. The van der Waals surface area contributed by atoms with Crippen molar-refractivity contribution in [1.82, 2.24) is 15.5 Å². The van der Waals surface area contributed by atoms with Crippen LogP contribution in [-0.4, -0.2) is 76.5 Å². The van der Waals surface area contributed by atoms with Crippen LogP contribution in [0.15, 0.2) is 72.8 Å². The molecule has 3 aromatic carbocycles. The van der Waals surface area contributed by atoms with Gasteiger partial charge in [-0.1, -0.05) is 66.7 Å². The number of rotatable bonds is 12. The molecule has 3 aromatic rings. The lowest BCUT2D eigenvalue weighted by molar-refractivity contribution is -0.150. The maximum Gasteiger partial charge on any atom is 0.338 e. The second-order valence-corrected chi connectivity index (χ2v) is 11.4. The molecule has 0 radical (unpaired) electrons. The van der Waals surface area contributed by atoms with Crippen LogP contribution in [0.25, 0.3) is 11.1 Å². The van der Waals surface area contributed by atoms with Crippen LogP contribution in [0.1, 0.15) is 59.2 Å². The Labute approximate surface area is 271 Å². The van der Waals surface area contributed by atoms with Crippen LogP contribution in [0.2, 0.25) is 0 Å². The predicted molar refractivity (Wildman–Crippen MR) is 170 cm³/mol. The fourth-order valence-corrected chi connectivity index (χ4v) is 5.65. The summed E-state index contributed by atoms with van der Waals surface area (Å²) in [7, 11) is 1.07.